The van der Waals surface area contributed by atoms with Crippen molar-refractivity contribution in [2.75, 3.05) is 0 Å². The first-order valence-electron chi connectivity index (χ1n) is 12.1. The maximum Gasteiger partial charge on any atom is 0.137 e. The summed E-state index contributed by atoms with van der Waals surface area (Å²) in [6, 6.07) is 10.5. The van der Waals surface area contributed by atoms with Crippen LogP contribution in [0.15, 0.2) is 67.8 Å². The molecule has 0 spiro atoms. The topological polar surface area (TPSA) is 48.8 Å². The van der Waals surface area contributed by atoms with Crippen molar-refractivity contribution in [3.63, 3.8) is 0 Å². The van der Waals surface area contributed by atoms with Gasteiger partial charge in [-0.05, 0) is 62.6 Å². The fourth-order valence-electron chi connectivity index (χ4n) is 4.75. The Morgan fingerprint density at radius 1 is 0.946 bits per heavy atom. The van der Waals surface area contributed by atoms with Gasteiger partial charge in [0.2, 0.25) is 0 Å². The maximum atomic E-state index is 14.9. The van der Waals surface area contributed by atoms with Crippen LogP contribution in [0.25, 0.3) is 0 Å². The summed E-state index contributed by atoms with van der Waals surface area (Å²) in [5.41, 5.74) is 4.19. The number of halogens is 3. The molecule has 192 valence electrons. The molecule has 0 aliphatic carbocycles. The molecule has 2 aliphatic heterocycles. The van der Waals surface area contributed by atoms with Crippen molar-refractivity contribution in [1.82, 2.24) is 10.6 Å². The number of amidine groups is 1. The zero-order valence-electron chi connectivity index (χ0n) is 21.0. The molecule has 2 aliphatic rings. The van der Waals surface area contributed by atoms with E-state index in [1.807, 2.05) is 13.0 Å². The minimum Gasteiger partial charge on any atom is -0.364 e. The van der Waals surface area contributed by atoms with E-state index in [0.717, 1.165) is 33.8 Å². The molecule has 0 fully saturated rings. The van der Waals surface area contributed by atoms with E-state index in [2.05, 4.69) is 48.5 Å². The van der Waals surface area contributed by atoms with Crippen molar-refractivity contribution in [1.29, 1.82) is 0 Å². The highest BCUT2D eigenvalue weighted by Crippen LogP contribution is 2.41. The Hall–Kier alpha value is -2.45. The number of aliphatic imine (C=N–C) groups is 2. The number of rotatable bonds is 6. The van der Waals surface area contributed by atoms with Gasteiger partial charge in [-0.3, -0.25) is 0 Å². The third-order valence-corrected chi connectivity index (χ3v) is 9.43. The summed E-state index contributed by atoms with van der Waals surface area (Å²) in [6.07, 6.45) is 2.98. The lowest BCUT2D eigenvalue weighted by Gasteiger charge is -2.28. The standard InChI is InChI=1S/C28H27Cl2FN4S2/c1-5-21-24(29)26(33-13-32-21)19-11-15(3)37-23(19)12-22-25(30)27(18-10-14(2)36-16(18)4)35-28(34-22)17-8-6-7-9-20(17)31/h6-11,13,26-27H,5,12H2,1-4H3,(H,32,33)(H,34,35). The fourth-order valence-corrected chi connectivity index (χ4v) is 7.43. The molecule has 5 rings (SSSR count). The second-order valence-electron chi connectivity index (χ2n) is 9.10. The van der Waals surface area contributed by atoms with Crippen LogP contribution in [0.3, 0.4) is 0 Å². The van der Waals surface area contributed by atoms with Gasteiger partial charge < -0.3 is 10.6 Å². The second kappa shape index (κ2) is 10.7. The predicted octanol–water partition coefficient (Wildman–Crippen LogP) is 8.19. The number of thiophene rings is 2. The normalized spacial score (nSPS) is 19.7. The van der Waals surface area contributed by atoms with Gasteiger partial charge in [0.15, 0.2) is 0 Å². The van der Waals surface area contributed by atoms with Crippen molar-refractivity contribution < 1.29 is 4.39 Å². The molecule has 0 bridgehead atoms. The van der Waals surface area contributed by atoms with E-state index in [4.69, 9.17) is 28.2 Å². The smallest absolute Gasteiger partial charge is 0.137 e. The van der Waals surface area contributed by atoms with Crippen LogP contribution in [-0.4, -0.2) is 12.2 Å². The first-order chi connectivity index (χ1) is 17.8. The van der Waals surface area contributed by atoms with Crippen molar-refractivity contribution in [3.8, 4) is 0 Å². The SMILES string of the molecule is CCC1=C(Cl)C(c2cc(C)sc2CC2=C(Cl)C(c3cc(C)sc3C)NC(c3ccccc3F)=N2)NC=N1. The molecule has 2 aromatic heterocycles. The van der Waals surface area contributed by atoms with Crippen molar-refractivity contribution in [2.24, 2.45) is 9.98 Å². The van der Waals surface area contributed by atoms with Gasteiger partial charge in [0.25, 0.3) is 0 Å². The number of nitrogens with zero attached hydrogens (tertiary/aromatic N) is 2. The Morgan fingerprint density at radius 2 is 1.65 bits per heavy atom. The Morgan fingerprint density at radius 3 is 2.35 bits per heavy atom. The summed E-state index contributed by atoms with van der Waals surface area (Å²) in [5.74, 6) is 0.153. The van der Waals surface area contributed by atoms with Gasteiger partial charge in [-0.2, -0.15) is 0 Å². The average molecular weight is 574 g/mol. The Bertz CT molecular complexity index is 1480. The number of allylic oxidation sites excluding steroid dienone is 2. The lowest BCUT2D eigenvalue weighted by atomic mass is 9.99. The van der Waals surface area contributed by atoms with E-state index in [1.54, 1.807) is 41.1 Å². The molecule has 0 radical (unpaired) electrons. The number of aryl methyl sites for hydroxylation is 3. The monoisotopic (exact) mass is 572 g/mol. The minimum atomic E-state index is -0.328. The quantitative estimate of drug-likeness (QED) is 0.312. The molecule has 4 nitrogen and oxygen atoms in total. The lowest BCUT2D eigenvalue weighted by molar-refractivity contribution is 0.621. The molecule has 37 heavy (non-hydrogen) atoms. The molecule has 3 aromatic rings. The summed E-state index contributed by atoms with van der Waals surface area (Å²) in [7, 11) is 0. The summed E-state index contributed by atoms with van der Waals surface area (Å²) < 4.78 is 14.9. The molecular weight excluding hydrogens is 546 g/mol. The van der Waals surface area contributed by atoms with Crippen molar-refractivity contribution in [3.05, 3.63) is 99.9 Å². The van der Waals surface area contributed by atoms with E-state index in [-0.39, 0.29) is 17.9 Å². The largest absolute Gasteiger partial charge is 0.364 e. The number of hydrogen-bond donors (Lipinski definition) is 2. The highest BCUT2D eigenvalue weighted by atomic mass is 35.5. The molecule has 0 saturated heterocycles. The molecule has 0 saturated carbocycles. The predicted molar refractivity (Wildman–Crippen MR) is 156 cm³/mol. The Kier molecular flexibility index (Phi) is 7.59. The van der Waals surface area contributed by atoms with E-state index in [1.165, 1.54) is 20.7 Å². The van der Waals surface area contributed by atoms with Gasteiger partial charge in [0.1, 0.15) is 11.7 Å². The third-order valence-electron chi connectivity index (χ3n) is 6.51. The number of hydrogen-bond acceptors (Lipinski definition) is 6. The summed E-state index contributed by atoms with van der Waals surface area (Å²) >= 11 is 17.3. The van der Waals surface area contributed by atoms with Gasteiger partial charge >= 0.3 is 0 Å². The van der Waals surface area contributed by atoms with Gasteiger partial charge in [-0.25, -0.2) is 14.4 Å². The van der Waals surface area contributed by atoms with Crippen LogP contribution in [-0.2, 0) is 6.42 Å². The first kappa shape index (κ1) is 26.2. The highest BCUT2D eigenvalue weighted by Gasteiger charge is 2.31. The van der Waals surface area contributed by atoms with E-state index >= 15 is 0 Å². The Balaban J connectivity index is 1.60. The van der Waals surface area contributed by atoms with Crippen LogP contribution in [0, 0.1) is 26.6 Å². The molecule has 0 amide bonds. The van der Waals surface area contributed by atoms with E-state index in [9.17, 15) is 4.39 Å². The fraction of sp³-hybridized carbons (Fsp3) is 0.286. The third kappa shape index (κ3) is 5.15. The van der Waals surface area contributed by atoms with Crippen LogP contribution < -0.4 is 10.6 Å². The van der Waals surface area contributed by atoms with Crippen LogP contribution in [0.2, 0.25) is 0 Å². The van der Waals surface area contributed by atoms with Crippen molar-refractivity contribution >= 4 is 58.0 Å². The molecule has 1 aromatic carbocycles. The summed E-state index contributed by atoms with van der Waals surface area (Å²) in [5, 5.41) is 8.06. The molecule has 2 N–H and O–H groups in total. The van der Waals surface area contributed by atoms with Crippen LogP contribution in [0.4, 0.5) is 4.39 Å². The number of benzene rings is 1. The summed E-state index contributed by atoms with van der Waals surface area (Å²) in [6.45, 7) is 8.30. The molecule has 2 atom stereocenters. The van der Waals surface area contributed by atoms with Gasteiger partial charge in [-0.1, -0.05) is 42.3 Å². The van der Waals surface area contributed by atoms with E-state index < -0.39 is 0 Å². The minimum absolute atomic E-state index is 0.178. The number of nitrogens with one attached hydrogen (secondary N) is 2. The van der Waals surface area contributed by atoms with Crippen LogP contribution in [0.5, 0.6) is 0 Å². The maximum absolute atomic E-state index is 14.9. The van der Waals surface area contributed by atoms with Crippen LogP contribution >= 0.6 is 45.9 Å². The molecule has 4 heterocycles. The van der Waals surface area contributed by atoms with Crippen molar-refractivity contribution in [2.45, 2.75) is 52.6 Å². The first-order valence-corrected chi connectivity index (χ1v) is 14.5. The molecule has 9 heteroatoms. The van der Waals surface area contributed by atoms with Gasteiger partial charge in [-0.15, -0.1) is 22.7 Å². The lowest BCUT2D eigenvalue weighted by Crippen LogP contribution is -2.34. The zero-order valence-corrected chi connectivity index (χ0v) is 24.1. The van der Waals surface area contributed by atoms with Gasteiger partial charge in [0.05, 0.1) is 45.4 Å². The van der Waals surface area contributed by atoms with Crippen LogP contribution in [0.1, 0.15) is 61.6 Å². The second-order valence-corrected chi connectivity index (χ2v) is 12.7. The summed E-state index contributed by atoms with van der Waals surface area (Å²) in [4.78, 5) is 13.9. The molecule has 2 unspecified atom stereocenters. The zero-order chi connectivity index (χ0) is 26.3. The van der Waals surface area contributed by atoms with Gasteiger partial charge in [0, 0.05) is 25.9 Å². The highest BCUT2D eigenvalue weighted by molar-refractivity contribution is 7.12. The molecular formula is C28H27Cl2FN4S2. The Labute approximate surface area is 234 Å². The van der Waals surface area contributed by atoms with E-state index in [0.29, 0.717) is 27.9 Å². The average Bonchev–Trinajstić information content (AvgIpc) is 3.41.